The van der Waals surface area contributed by atoms with E-state index in [2.05, 4.69) is 55.6 Å². The van der Waals surface area contributed by atoms with Gasteiger partial charge in [-0.3, -0.25) is 4.79 Å². The Labute approximate surface area is 435 Å². The first kappa shape index (κ1) is 67.3. The third-order valence-electron chi connectivity index (χ3n) is 14.4. The second-order valence-electron chi connectivity index (χ2n) is 21.0. The molecule has 0 aromatic heterocycles. The molecule has 9 atom stereocenters. The van der Waals surface area contributed by atoms with E-state index >= 15 is 0 Å². The molecule has 1 heterocycles. The molecule has 9 unspecified atom stereocenters. The average molecular weight is 1010 g/mol. The number of aliphatic hydroxyl groups is 7. The van der Waals surface area contributed by atoms with Crippen LogP contribution in [0.1, 0.15) is 271 Å². The molecule has 0 saturated carbocycles. The predicted molar refractivity (Wildman–Crippen MR) is 293 cm³/mol. The highest BCUT2D eigenvalue weighted by Gasteiger charge is 2.44. The van der Waals surface area contributed by atoms with Crippen LogP contribution >= 0.6 is 0 Å². The maximum Gasteiger partial charge on any atom is 0.249 e. The van der Waals surface area contributed by atoms with Gasteiger partial charge in [0.2, 0.25) is 5.91 Å². The van der Waals surface area contributed by atoms with E-state index < -0.39 is 74.2 Å². The molecule has 1 aliphatic rings. The van der Waals surface area contributed by atoms with Gasteiger partial charge >= 0.3 is 0 Å². The minimum Gasteiger partial charge on any atom is -0.394 e. The van der Waals surface area contributed by atoms with Crippen LogP contribution in [-0.2, 0) is 14.3 Å². The summed E-state index contributed by atoms with van der Waals surface area (Å²) < 4.78 is 11.1. The molecule has 71 heavy (non-hydrogen) atoms. The van der Waals surface area contributed by atoms with Crippen LogP contribution in [0, 0.1) is 0 Å². The van der Waals surface area contributed by atoms with Gasteiger partial charge in [-0.1, -0.05) is 243 Å². The average Bonchev–Trinajstić information content (AvgIpc) is 3.37. The summed E-state index contributed by atoms with van der Waals surface area (Å²) in [6, 6.07) is -1.19. The van der Waals surface area contributed by atoms with Gasteiger partial charge in [0.05, 0.1) is 25.4 Å². The van der Waals surface area contributed by atoms with Gasteiger partial charge in [0.1, 0.15) is 36.6 Å². The molecule has 1 saturated heterocycles. The lowest BCUT2D eigenvalue weighted by Gasteiger charge is -2.40. The van der Waals surface area contributed by atoms with Crippen LogP contribution in [0.4, 0.5) is 0 Å². The van der Waals surface area contributed by atoms with Crippen molar-refractivity contribution in [2.75, 3.05) is 13.2 Å². The summed E-state index contributed by atoms with van der Waals surface area (Å²) in [5, 5.41) is 76.2. The van der Waals surface area contributed by atoms with Gasteiger partial charge in [-0.05, 0) is 64.2 Å². The monoisotopic (exact) mass is 1010 g/mol. The summed E-state index contributed by atoms with van der Waals surface area (Å²) in [4.78, 5) is 13.2. The van der Waals surface area contributed by atoms with E-state index in [1.165, 1.54) is 180 Å². The van der Waals surface area contributed by atoms with Gasteiger partial charge in [-0.2, -0.15) is 0 Å². The zero-order chi connectivity index (χ0) is 51.8. The van der Waals surface area contributed by atoms with Crippen molar-refractivity contribution < 1.29 is 50.0 Å². The van der Waals surface area contributed by atoms with Crippen molar-refractivity contribution in [3.63, 3.8) is 0 Å². The van der Waals surface area contributed by atoms with E-state index in [0.29, 0.717) is 19.3 Å². The Morgan fingerprint density at radius 2 is 0.845 bits per heavy atom. The third-order valence-corrected chi connectivity index (χ3v) is 14.4. The van der Waals surface area contributed by atoms with Crippen LogP contribution in [0.15, 0.2) is 36.5 Å². The Morgan fingerprint density at radius 3 is 1.25 bits per heavy atom. The van der Waals surface area contributed by atoms with Crippen molar-refractivity contribution >= 4 is 5.91 Å². The van der Waals surface area contributed by atoms with Crippen molar-refractivity contribution in [1.82, 2.24) is 5.32 Å². The molecule has 11 heteroatoms. The lowest BCUT2D eigenvalue weighted by Crippen LogP contribution is -2.60. The van der Waals surface area contributed by atoms with E-state index in [9.17, 15) is 40.5 Å². The fraction of sp³-hybridized carbons (Fsp3) is 0.883. The quantitative estimate of drug-likeness (QED) is 0.0215. The molecule has 0 bridgehead atoms. The Morgan fingerprint density at radius 1 is 0.479 bits per heavy atom. The van der Waals surface area contributed by atoms with Gasteiger partial charge in [0, 0.05) is 0 Å². The lowest BCUT2D eigenvalue weighted by molar-refractivity contribution is -0.303. The van der Waals surface area contributed by atoms with Crippen LogP contribution in [0.5, 0.6) is 0 Å². The van der Waals surface area contributed by atoms with Gasteiger partial charge in [-0.15, -0.1) is 0 Å². The highest BCUT2D eigenvalue weighted by Crippen LogP contribution is 2.23. The van der Waals surface area contributed by atoms with E-state index in [1.807, 2.05) is 0 Å². The zero-order valence-electron chi connectivity index (χ0n) is 45.7. The van der Waals surface area contributed by atoms with Crippen molar-refractivity contribution in [2.45, 2.75) is 326 Å². The van der Waals surface area contributed by atoms with E-state index in [0.717, 1.165) is 44.9 Å². The molecule has 8 N–H and O–H groups in total. The normalized spacial score (nSPS) is 20.4. The van der Waals surface area contributed by atoms with E-state index in [1.54, 1.807) is 0 Å². The Hall–Kier alpha value is -1.67. The molecule has 0 aromatic carbocycles. The predicted octanol–water partition coefficient (Wildman–Crippen LogP) is 12.7. The number of allylic oxidation sites excluding steroid dienone is 6. The van der Waals surface area contributed by atoms with Crippen LogP contribution in [0.3, 0.4) is 0 Å². The first-order chi connectivity index (χ1) is 34.7. The van der Waals surface area contributed by atoms with Crippen LogP contribution in [0.2, 0.25) is 0 Å². The Bertz CT molecular complexity index is 1250. The number of hydrogen-bond acceptors (Lipinski definition) is 10. The molecular weight excluding hydrogens is 895 g/mol. The highest BCUT2D eigenvalue weighted by atomic mass is 16.7. The second kappa shape index (κ2) is 49.2. The number of hydrogen-bond donors (Lipinski definition) is 8. The number of rotatable bonds is 51. The molecule has 418 valence electrons. The number of ether oxygens (including phenoxy) is 2. The molecule has 1 rings (SSSR count). The van der Waals surface area contributed by atoms with Crippen molar-refractivity contribution in [2.24, 2.45) is 0 Å². The van der Waals surface area contributed by atoms with Gasteiger partial charge in [0.15, 0.2) is 6.29 Å². The number of nitrogens with one attached hydrogen (secondary N) is 1. The number of aliphatic hydroxyl groups excluding tert-OH is 7. The molecular formula is C60H113NO10. The standard InChI is InChI=1S/C60H113NO10/c1-3-5-7-9-11-13-15-17-19-21-23-25-26-27-28-30-31-33-35-37-39-41-43-45-47-52(63)55(65)51(50-70-60-58(68)57(67)56(66)54(49-62)71-60)61-59(69)53(64)48-46-44-42-40-38-36-34-32-29-24-22-20-18-16-14-12-10-8-6-4-2/h26-27,31,33,39,41,51-58,60,62-68H,3-25,28-30,32,34-38,40,42-50H2,1-2H3,(H,61,69)/b27-26+,33-31+,41-39+. The summed E-state index contributed by atoms with van der Waals surface area (Å²) in [7, 11) is 0. The first-order valence-corrected chi connectivity index (χ1v) is 29.9. The summed E-state index contributed by atoms with van der Waals surface area (Å²) in [6.07, 6.45) is 49.1. The molecule has 0 aromatic rings. The van der Waals surface area contributed by atoms with Gasteiger partial charge in [0.25, 0.3) is 0 Å². The SMILES string of the molecule is CCCCCCCCCCCCC/C=C/CC/C=C/CC/C=C/CCCC(O)C(O)C(COC1OC(CO)C(O)C(O)C1O)NC(=O)C(O)CCCCCCCCCCCCCCCCCCCCCC. The van der Waals surface area contributed by atoms with Crippen LogP contribution in [0.25, 0.3) is 0 Å². The zero-order valence-corrected chi connectivity index (χ0v) is 45.7. The maximum atomic E-state index is 13.2. The molecule has 1 amide bonds. The smallest absolute Gasteiger partial charge is 0.249 e. The van der Waals surface area contributed by atoms with E-state index in [-0.39, 0.29) is 12.8 Å². The highest BCUT2D eigenvalue weighted by molar-refractivity contribution is 5.80. The fourth-order valence-electron chi connectivity index (χ4n) is 9.53. The van der Waals surface area contributed by atoms with Crippen molar-refractivity contribution in [1.29, 1.82) is 0 Å². The van der Waals surface area contributed by atoms with Crippen molar-refractivity contribution in [3.8, 4) is 0 Å². The summed E-state index contributed by atoms with van der Waals surface area (Å²) in [6.45, 7) is 3.46. The van der Waals surface area contributed by atoms with E-state index in [4.69, 9.17) is 9.47 Å². The minimum atomic E-state index is -1.67. The Balaban J connectivity index is 2.34. The summed E-state index contributed by atoms with van der Waals surface area (Å²) in [5.41, 5.74) is 0. The Kier molecular flexibility index (Phi) is 46.7. The topological polar surface area (TPSA) is 189 Å². The summed E-state index contributed by atoms with van der Waals surface area (Å²) in [5.74, 6) is -0.709. The molecule has 0 aliphatic carbocycles. The third kappa shape index (κ3) is 37.7. The number of unbranched alkanes of at least 4 members (excludes halogenated alkanes) is 33. The molecule has 0 radical (unpaired) electrons. The fourth-order valence-corrected chi connectivity index (χ4v) is 9.53. The van der Waals surface area contributed by atoms with Crippen molar-refractivity contribution in [3.05, 3.63) is 36.5 Å². The molecule has 1 fully saturated rings. The first-order valence-electron chi connectivity index (χ1n) is 29.9. The number of amides is 1. The number of carbonyl (C=O) groups is 1. The number of carbonyl (C=O) groups excluding carboxylic acids is 1. The largest absolute Gasteiger partial charge is 0.394 e. The molecule has 11 nitrogen and oxygen atoms in total. The molecule has 0 spiro atoms. The maximum absolute atomic E-state index is 13.2. The van der Waals surface area contributed by atoms with Crippen LogP contribution < -0.4 is 5.32 Å². The summed E-state index contributed by atoms with van der Waals surface area (Å²) >= 11 is 0. The van der Waals surface area contributed by atoms with Gasteiger partial charge < -0.3 is 50.5 Å². The minimum absolute atomic E-state index is 0.243. The van der Waals surface area contributed by atoms with Crippen LogP contribution in [-0.4, -0.2) is 110 Å². The lowest BCUT2D eigenvalue weighted by atomic mass is 9.98. The second-order valence-corrected chi connectivity index (χ2v) is 21.0. The molecule has 1 aliphatic heterocycles. The van der Waals surface area contributed by atoms with Gasteiger partial charge in [-0.25, -0.2) is 0 Å².